The van der Waals surface area contributed by atoms with Crippen LogP contribution in [0.1, 0.15) is 41.7 Å². The fourth-order valence-corrected chi connectivity index (χ4v) is 5.33. The highest BCUT2D eigenvalue weighted by atomic mass is 16.6. The predicted octanol–water partition coefficient (Wildman–Crippen LogP) is 1.78. The Hall–Kier alpha value is -3.24. The maximum Gasteiger partial charge on any atom is 0.248 e. The number of hydrogen-bond donors (Lipinski definition) is 3. The fourth-order valence-electron chi connectivity index (χ4n) is 5.33. The molecule has 10 nitrogen and oxygen atoms in total. The molecule has 4 rings (SSSR count). The average molecular weight is 445 g/mol. The molecule has 1 saturated carbocycles. The molecule has 2 aliphatic carbocycles. The lowest BCUT2D eigenvalue weighted by atomic mass is 9.59. The third-order valence-corrected chi connectivity index (χ3v) is 6.82. The smallest absolute Gasteiger partial charge is 0.248 e. The molecular weight excluding hydrogens is 422 g/mol. The summed E-state index contributed by atoms with van der Waals surface area (Å²) in [6.45, 7) is 1.14. The van der Waals surface area contributed by atoms with Gasteiger partial charge in [-0.1, -0.05) is 12.1 Å². The van der Waals surface area contributed by atoms with Crippen LogP contribution in [0.2, 0.25) is 0 Å². The van der Waals surface area contributed by atoms with Crippen molar-refractivity contribution in [2.24, 2.45) is 11.8 Å². The Bertz CT molecular complexity index is 1160. The molecule has 0 aliphatic heterocycles. The largest absolute Gasteiger partial charge is 0.507 e. The molecule has 0 radical (unpaired) electrons. The zero-order chi connectivity index (χ0) is 23.5. The van der Waals surface area contributed by atoms with Crippen LogP contribution in [-0.4, -0.2) is 57.7 Å². The third kappa shape index (κ3) is 2.86. The number of nitrogens with zero attached hydrogens (tertiary/aromatic N) is 1. The van der Waals surface area contributed by atoms with Gasteiger partial charge in [-0.3, -0.25) is 19.7 Å². The van der Waals surface area contributed by atoms with Crippen LogP contribution in [-0.2, 0) is 4.79 Å². The Morgan fingerprint density at radius 1 is 1.25 bits per heavy atom. The van der Waals surface area contributed by atoms with Gasteiger partial charge in [0.1, 0.15) is 22.8 Å². The van der Waals surface area contributed by atoms with Crippen LogP contribution >= 0.6 is 0 Å². The van der Waals surface area contributed by atoms with E-state index < -0.39 is 58.2 Å². The highest BCUT2D eigenvalue weighted by Gasteiger charge is 2.60. The van der Waals surface area contributed by atoms with Gasteiger partial charge in [0.15, 0.2) is 11.6 Å². The summed E-state index contributed by atoms with van der Waals surface area (Å²) in [5, 5.41) is 45.3. The van der Waals surface area contributed by atoms with Gasteiger partial charge in [0.05, 0.1) is 42.8 Å². The molecule has 2 aromatic carbocycles. The van der Waals surface area contributed by atoms with Gasteiger partial charge in [-0.2, -0.15) is 0 Å². The number of methoxy groups -OCH3 is 2. The molecule has 0 heterocycles. The number of nitro groups is 1. The second-order valence-electron chi connectivity index (χ2n) is 8.40. The molecule has 0 bridgehead atoms. The Morgan fingerprint density at radius 3 is 2.50 bits per heavy atom. The van der Waals surface area contributed by atoms with Gasteiger partial charge in [-0.05, 0) is 19.4 Å². The number of hydrogen-bond acceptors (Lipinski definition) is 9. The first-order chi connectivity index (χ1) is 15.1. The summed E-state index contributed by atoms with van der Waals surface area (Å²) in [4.78, 5) is 37.2. The number of aromatic hydroxyl groups is 1. The Labute approximate surface area is 182 Å². The van der Waals surface area contributed by atoms with Crippen LogP contribution < -0.4 is 9.47 Å². The predicted molar refractivity (Wildman–Crippen MR) is 111 cm³/mol. The first-order valence-electron chi connectivity index (χ1n) is 10.1. The maximum absolute atomic E-state index is 13.6. The summed E-state index contributed by atoms with van der Waals surface area (Å²) < 4.78 is 10.9. The topological polar surface area (TPSA) is 156 Å². The monoisotopic (exact) mass is 445 g/mol. The quantitative estimate of drug-likeness (QED) is 0.471. The van der Waals surface area contributed by atoms with E-state index >= 15 is 0 Å². The lowest BCUT2D eigenvalue weighted by Gasteiger charge is -2.45. The number of rotatable bonds is 4. The van der Waals surface area contributed by atoms with E-state index in [2.05, 4.69) is 0 Å². The second kappa shape index (κ2) is 7.42. The van der Waals surface area contributed by atoms with Gasteiger partial charge in [-0.25, -0.2) is 0 Å². The van der Waals surface area contributed by atoms with Gasteiger partial charge in [0.25, 0.3) is 0 Å². The van der Waals surface area contributed by atoms with Crippen LogP contribution in [0.4, 0.5) is 0 Å². The molecule has 0 spiro atoms. The highest BCUT2D eigenvalue weighted by Crippen LogP contribution is 2.56. The molecule has 5 atom stereocenters. The molecule has 0 amide bonds. The van der Waals surface area contributed by atoms with E-state index in [1.54, 1.807) is 12.1 Å². The molecule has 1 fully saturated rings. The van der Waals surface area contributed by atoms with Crippen molar-refractivity contribution in [1.29, 1.82) is 0 Å². The van der Waals surface area contributed by atoms with Crippen molar-refractivity contribution in [2.45, 2.75) is 37.5 Å². The Kier molecular flexibility index (Phi) is 5.09. The number of fused-ring (bicyclic) bond motifs is 3. The van der Waals surface area contributed by atoms with Gasteiger partial charge in [0.2, 0.25) is 6.04 Å². The summed E-state index contributed by atoms with van der Waals surface area (Å²) >= 11 is 0. The molecule has 10 heteroatoms. The molecular formula is C22H23NO9. The number of phenols is 1. The van der Waals surface area contributed by atoms with Crippen molar-refractivity contribution in [2.75, 3.05) is 14.2 Å². The average Bonchev–Trinajstić information content (AvgIpc) is 2.74. The van der Waals surface area contributed by atoms with E-state index in [9.17, 15) is 35.0 Å². The first kappa shape index (κ1) is 22.0. The standard InChI is InChI=1S/C22H23NO9/c1-9(24)22(28)7-11-14(12(25)8-22)18(23(29)30)16-17(20(11)27)19(26)10-5-4-6-13(31-2)15(10)21(16)32-3/h4-6,11-12,14,18,25-26,28H,7-8H2,1-3H3. The van der Waals surface area contributed by atoms with E-state index in [4.69, 9.17) is 9.47 Å². The first-order valence-corrected chi connectivity index (χ1v) is 10.1. The van der Waals surface area contributed by atoms with Gasteiger partial charge in [-0.15, -0.1) is 0 Å². The van der Waals surface area contributed by atoms with Crippen LogP contribution in [0.3, 0.4) is 0 Å². The van der Waals surface area contributed by atoms with E-state index in [0.29, 0.717) is 0 Å². The summed E-state index contributed by atoms with van der Waals surface area (Å²) in [5.74, 6) is -3.99. The minimum absolute atomic E-state index is 0.00152. The van der Waals surface area contributed by atoms with E-state index in [1.807, 2.05) is 0 Å². The van der Waals surface area contributed by atoms with Crippen LogP contribution in [0.25, 0.3) is 10.8 Å². The zero-order valence-corrected chi connectivity index (χ0v) is 17.7. The van der Waals surface area contributed by atoms with E-state index in [1.165, 1.54) is 20.3 Å². The number of carbonyl (C=O) groups is 2. The maximum atomic E-state index is 13.6. The lowest BCUT2D eigenvalue weighted by Crippen LogP contribution is -2.56. The van der Waals surface area contributed by atoms with E-state index in [-0.39, 0.29) is 39.8 Å². The van der Waals surface area contributed by atoms with Gasteiger partial charge in [0, 0.05) is 22.6 Å². The SMILES string of the molecule is COc1cccc2c(O)c3c(c(OC)c12)C([N+](=O)[O-])C1C(O)CC(O)(C(C)=O)CC1C3=O. The summed E-state index contributed by atoms with van der Waals surface area (Å²) in [6, 6.07) is 3.09. The molecule has 32 heavy (non-hydrogen) atoms. The molecule has 3 N–H and O–H groups in total. The fraction of sp³-hybridized carbons (Fsp3) is 0.455. The summed E-state index contributed by atoms with van der Waals surface area (Å²) in [6.07, 6.45) is -2.32. The minimum Gasteiger partial charge on any atom is -0.507 e. The van der Waals surface area contributed by atoms with Gasteiger partial charge < -0.3 is 24.8 Å². The Morgan fingerprint density at radius 2 is 1.94 bits per heavy atom. The number of ketones is 2. The molecule has 5 unspecified atom stereocenters. The number of aliphatic hydroxyl groups is 2. The number of phenolic OH excluding ortho intramolecular Hbond substituents is 1. The van der Waals surface area contributed by atoms with Crippen molar-refractivity contribution < 1.29 is 39.3 Å². The minimum atomic E-state index is -1.99. The summed E-state index contributed by atoms with van der Waals surface area (Å²) in [7, 11) is 2.68. The third-order valence-electron chi connectivity index (χ3n) is 6.82. The normalized spacial score (nSPS) is 29.2. The molecule has 0 aromatic heterocycles. The molecule has 0 saturated heterocycles. The van der Waals surface area contributed by atoms with Crippen molar-refractivity contribution in [3.05, 3.63) is 39.4 Å². The van der Waals surface area contributed by atoms with Gasteiger partial charge >= 0.3 is 0 Å². The second-order valence-corrected chi connectivity index (χ2v) is 8.40. The van der Waals surface area contributed by atoms with Crippen LogP contribution in [0, 0.1) is 22.0 Å². The molecule has 2 aromatic rings. The number of carbonyl (C=O) groups excluding carboxylic acids is 2. The van der Waals surface area contributed by atoms with Crippen molar-refractivity contribution in [3.63, 3.8) is 0 Å². The van der Waals surface area contributed by atoms with Crippen molar-refractivity contribution in [1.82, 2.24) is 0 Å². The number of Topliss-reactive ketones (excluding diaryl/α,β-unsaturated/α-hetero) is 2. The Balaban J connectivity index is 2.09. The number of benzene rings is 2. The van der Waals surface area contributed by atoms with E-state index in [0.717, 1.165) is 6.92 Å². The van der Waals surface area contributed by atoms with Crippen LogP contribution in [0.15, 0.2) is 18.2 Å². The zero-order valence-electron chi connectivity index (χ0n) is 17.7. The molecule has 170 valence electrons. The van der Waals surface area contributed by atoms with Crippen LogP contribution in [0.5, 0.6) is 17.2 Å². The highest BCUT2D eigenvalue weighted by molar-refractivity contribution is 6.12. The summed E-state index contributed by atoms with van der Waals surface area (Å²) in [5.41, 5.74) is -2.44. The lowest BCUT2D eigenvalue weighted by molar-refractivity contribution is -0.545. The number of ether oxygens (including phenoxy) is 2. The van der Waals surface area contributed by atoms with Crippen molar-refractivity contribution >= 4 is 22.3 Å². The molecule has 2 aliphatic rings. The number of aliphatic hydroxyl groups excluding tert-OH is 1. The van der Waals surface area contributed by atoms with Crippen molar-refractivity contribution in [3.8, 4) is 17.2 Å².